The van der Waals surface area contributed by atoms with Gasteiger partial charge in [0.15, 0.2) is 0 Å². The van der Waals surface area contributed by atoms with Gasteiger partial charge in [0.25, 0.3) is 17.7 Å². The van der Waals surface area contributed by atoms with Crippen LogP contribution in [0.15, 0.2) is 42.5 Å². The highest BCUT2D eigenvalue weighted by Gasteiger charge is 2.14. The molecule has 2 aromatic rings. The first-order valence-electron chi connectivity index (χ1n) is 7.82. The van der Waals surface area contributed by atoms with Gasteiger partial charge in [-0.2, -0.15) is 0 Å². The fourth-order valence-corrected chi connectivity index (χ4v) is 2.06. The number of nitrogens with one attached hydrogen (secondary N) is 3. The van der Waals surface area contributed by atoms with Gasteiger partial charge >= 0.3 is 0 Å². The van der Waals surface area contributed by atoms with E-state index in [4.69, 9.17) is 0 Å². The molecule has 0 atom stereocenters. The number of amides is 3. The molecule has 0 bridgehead atoms. The van der Waals surface area contributed by atoms with E-state index in [0.717, 1.165) is 24.1 Å². The van der Waals surface area contributed by atoms with Crippen LogP contribution < -0.4 is 16.2 Å². The normalized spacial score (nSPS) is 10.1. The molecule has 0 fully saturated rings. The van der Waals surface area contributed by atoms with E-state index in [9.17, 15) is 23.2 Å². The van der Waals surface area contributed by atoms with Crippen molar-refractivity contribution in [2.24, 2.45) is 0 Å². The molecule has 3 amide bonds. The monoisotopic (exact) mass is 361 g/mol. The standard InChI is InChI=1S/C18H17F2N3O3/c1-2-11-3-5-12(6-4-11)17(25)23-22-16(24)10-21-18(26)14-8-7-13(19)9-15(14)20/h3-9H,2,10H2,1H3,(H,21,26)(H,22,24)(H,23,25). The summed E-state index contributed by atoms with van der Waals surface area (Å²) in [6, 6.07) is 9.32. The minimum absolute atomic E-state index is 0.361. The van der Waals surface area contributed by atoms with Crippen molar-refractivity contribution < 1.29 is 23.2 Å². The number of carbonyl (C=O) groups excluding carboxylic acids is 3. The van der Waals surface area contributed by atoms with Crippen LogP contribution >= 0.6 is 0 Å². The van der Waals surface area contributed by atoms with Crippen molar-refractivity contribution in [2.45, 2.75) is 13.3 Å². The highest BCUT2D eigenvalue weighted by Crippen LogP contribution is 2.09. The fraction of sp³-hybridized carbons (Fsp3) is 0.167. The predicted octanol–water partition coefficient (Wildman–Crippen LogP) is 1.72. The van der Waals surface area contributed by atoms with Crippen LogP contribution in [-0.2, 0) is 11.2 Å². The first kappa shape index (κ1) is 19.0. The number of hydrogen-bond acceptors (Lipinski definition) is 3. The lowest BCUT2D eigenvalue weighted by Gasteiger charge is -2.09. The highest BCUT2D eigenvalue weighted by molar-refractivity contribution is 5.98. The average molecular weight is 361 g/mol. The van der Waals surface area contributed by atoms with Crippen molar-refractivity contribution in [3.8, 4) is 0 Å². The molecule has 0 radical (unpaired) electrons. The third-order valence-electron chi connectivity index (χ3n) is 3.53. The lowest BCUT2D eigenvalue weighted by molar-refractivity contribution is -0.120. The quantitative estimate of drug-likeness (QED) is 0.709. The van der Waals surface area contributed by atoms with Crippen molar-refractivity contribution in [3.63, 3.8) is 0 Å². The SMILES string of the molecule is CCc1ccc(C(=O)NNC(=O)CNC(=O)c2ccc(F)cc2F)cc1. The molecule has 8 heteroatoms. The first-order chi connectivity index (χ1) is 12.4. The summed E-state index contributed by atoms with van der Waals surface area (Å²) in [5.74, 6) is -3.95. The van der Waals surface area contributed by atoms with Crippen molar-refractivity contribution in [1.82, 2.24) is 16.2 Å². The zero-order valence-corrected chi connectivity index (χ0v) is 13.9. The van der Waals surface area contributed by atoms with E-state index >= 15 is 0 Å². The Balaban J connectivity index is 1.81. The number of rotatable bonds is 5. The molecular formula is C18H17F2N3O3. The Kier molecular flexibility index (Phi) is 6.37. The second-order valence-corrected chi connectivity index (χ2v) is 5.36. The van der Waals surface area contributed by atoms with Gasteiger partial charge < -0.3 is 5.32 Å². The Morgan fingerprint density at radius 3 is 2.23 bits per heavy atom. The van der Waals surface area contributed by atoms with Gasteiger partial charge in [-0.1, -0.05) is 19.1 Å². The average Bonchev–Trinajstić information content (AvgIpc) is 2.64. The van der Waals surface area contributed by atoms with Gasteiger partial charge in [0.05, 0.1) is 12.1 Å². The number of aryl methyl sites for hydroxylation is 1. The Bertz CT molecular complexity index is 823. The molecule has 0 aliphatic carbocycles. The van der Waals surface area contributed by atoms with E-state index in [0.29, 0.717) is 11.6 Å². The van der Waals surface area contributed by atoms with Crippen LogP contribution in [0.1, 0.15) is 33.2 Å². The lowest BCUT2D eigenvalue weighted by Crippen LogP contribution is -2.46. The number of carbonyl (C=O) groups is 3. The van der Waals surface area contributed by atoms with Gasteiger partial charge in [0.2, 0.25) is 0 Å². The van der Waals surface area contributed by atoms with E-state index in [1.807, 2.05) is 6.92 Å². The van der Waals surface area contributed by atoms with E-state index in [1.54, 1.807) is 24.3 Å². The second-order valence-electron chi connectivity index (χ2n) is 5.36. The molecule has 0 saturated heterocycles. The van der Waals surface area contributed by atoms with Crippen LogP contribution in [0.25, 0.3) is 0 Å². The van der Waals surface area contributed by atoms with Gasteiger partial charge in [-0.15, -0.1) is 0 Å². The molecule has 0 aliphatic heterocycles. The van der Waals surface area contributed by atoms with Gasteiger partial charge in [-0.05, 0) is 36.2 Å². The molecule has 0 aliphatic rings. The number of hydrogen-bond donors (Lipinski definition) is 3. The molecular weight excluding hydrogens is 344 g/mol. The Hall–Kier alpha value is -3.29. The number of halogens is 2. The molecule has 0 saturated carbocycles. The van der Waals surface area contributed by atoms with Crippen molar-refractivity contribution in [3.05, 3.63) is 70.8 Å². The van der Waals surface area contributed by atoms with Gasteiger partial charge in [0, 0.05) is 11.6 Å². The lowest BCUT2D eigenvalue weighted by atomic mass is 10.1. The molecule has 3 N–H and O–H groups in total. The van der Waals surface area contributed by atoms with Crippen LogP contribution in [0, 0.1) is 11.6 Å². The Labute approximate surface area is 148 Å². The maximum absolute atomic E-state index is 13.5. The molecule has 136 valence electrons. The molecule has 0 aromatic heterocycles. The third kappa shape index (κ3) is 5.10. The topological polar surface area (TPSA) is 87.3 Å². The molecule has 0 unspecified atom stereocenters. The first-order valence-corrected chi connectivity index (χ1v) is 7.82. The van der Waals surface area contributed by atoms with Gasteiger partial charge in [-0.25, -0.2) is 8.78 Å². The largest absolute Gasteiger partial charge is 0.343 e. The Morgan fingerprint density at radius 1 is 0.923 bits per heavy atom. The summed E-state index contributed by atoms with van der Waals surface area (Å²) in [7, 11) is 0. The predicted molar refractivity (Wildman–Crippen MR) is 90.1 cm³/mol. The highest BCUT2D eigenvalue weighted by atomic mass is 19.1. The zero-order chi connectivity index (χ0) is 19.1. The molecule has 2 aromatic carbocycles. The summed E-state index contributed by atoms with van der Waals surface area (Å²) >= 11 is 0. The van der Waals surface area contributed by atoms with Crippen LogP contribution in [0.2, 0.25) is 0 Å². The summed E-state index contributed by atoms with van der Waals surface area (Å²) in [6.07, 6.45) is 0.840. The molecule has 2 rings (SSSR count). The Morgan fingerprint density at radius 2 is 1.62 bits per heavy atom. The minimum Gasteiger partial charge on any atom is -0.343 e. The van der Waals surface area contributed by atoms with Crippen LogP contribution in [0.3, 0.4) is 0 Å². The van der Waals surface area contributed by atoms with Crippen molar-refractivity contribution >= 4 is 17.7 Å². The van der Waals surface area contributed by atoms with Crippen LogP contribution in [0.5, 0.6) is 0 Å². The minimum atomic E-state index is -1.04. The summed E-state index contributed by atoms with van der Waals surface area (Å²) in [5.41, 5.74) is 5.38. The van der Waals surface area contributed by atoms with Crippen LogP contribution in [-0.4, -0.2) is 24.3 Å². The third-order valence-corrected chi connectivity index (χ3v) is 3.53. The maximum atomic E-state index is 13.5. The molecule has 0 heterocycles. The smallest absolute Gasteiger partial charge is 0.269 e. The van der Waals surface area contributed by atoms with E-state index < -0.39 is 35.9 Å². The fourth-order valence-electron chi connectivity index (χ4n) is 2.06. The molecule has 26 heavy (non-hydrogen) atoms. The van der Waals surface area contributed by atoms with E-state index in [2.05, 4.69) is 16.2 Å². The summed E-state index contributed by atoms with van der Waals surface area (Å²) in [6.45, 7) is 1.49. The molecule has 6 nitrogen and oxygen atoms in total. The van der Waals surface area contributed by atoms with E-state index in [1.165, 1.54) is 0 Å². The van der Waals surface area contributed by atoms with E-state index in [-0.39, 0.29) is 5.56 Å². The van der Waals surface area contributed by atoms with Crippen LogP contribution in [0.4, 0.5) is 8.78 Å². The van der Waals surface area contributed by atoms with Gasteiger partial charge in [-0.3, -0.25) is 25.2 Å². The molecule has 0 spiro atoms. The number of hydrazine groups is 1. The maximum Gasteiger partial charge on any atom is 0.269 e. The summed E-state index contributed by atoms with van der Waals surface area (Å²) in [5, 5.41) is 2.17. The zero-order valence-electron chi connectivity index (χ0n) is 13.9. The van der Waals surface area contributed by atoms with Crippen molar-refractivity contribution in [1.29, 1.82) is 0 Å². The second kappa shape index (κ2) is 8.70. The summed E-state index contributed by atoms with van der Waals surface area (Å²) < 4.78 is 26.3. The van der Waals surface area contributed by atoms with Crippen molar-refractivity contribution in [2.75, 3.05) is 6.54 Å². The summed E-state index contributed by atoms with van der Waals surface area (Å²) in [4.78, 5) is 35.3. The number of benzene rings is 2. The van der Waals surface area contributed by atoms with Gasteiger partial charge in [0.1, 0.15) is 11.6 Å².